The lowest BCUT2D eigenvalue weighted by Crippen LogP contribution is -2.28. The number of fused-ring (bicyclic) bond motifs is 1. The summed E-state index contributed by atoms with van der Waals surface area (Å²) in [5.41, 5.74) is 3.22. The molecule has 1 saturated heterocycles. The van der Waals surface area contributed by atoms with Crippen molar-refractivity contribution >= 4 is 28.3 Å². The number of aryl methyl sites for hydroxylation is 1. The highest BCUT2D eigenvalue weighted by Crippen LogP contribution is 2.33. The fraction of sp³-hybridized carbons (Fsp3) is 0.400. The van der Waals surface area contributed by atoms with Gasteiger partial charge in [-0.1, -0.05) is 12.1 Å². The number of nitrogens with zero attached hydrogens (tertiary/aromatic N) is 2. The number of benzene rings is 1. The first-order valence-electron chi connectivity index (χ1n) is 9.03. The number of imidazole rings is 1. The predicted octanol–water partition coefficient (Wildman–Crippen LogP) is 4.10. The smallest absolute Gasteiger partial charge is 0.263 e. The topological polar surface area (TPSA) is 58.2 Å². The van der Waals surface area contributed by atoms with E-state index in [0.717, 1.165) is 51.6 Å². The number of H-pyrrole nitrogens is 1. The number of hydrogen-bond acceptors (Lipinski definition) is 4. The molecule has 0 saturated carbocycles. The number of likely N-dealkylation sites (N-methyl/N-ethyl adjacent to an activating group) is 1. The minimum Gasteiger partial charge on any atom is -0.373 e. The lowest BCUT2D eigenvalue weighted by Gasteiger charge is -2.15. The summed E-state index contributed by atoms with van der Waals surface area (Å²) in [4.78, 5) is 24.4. The summed E-state index contributed by atoms with van der Waals surface area (Å²) in [5.74, 6) is 0.978. The molecule has 3 heterocycles. The van der Waals surface area contributed by atoms with Gasteiger partial charge in [0.25, 0.3) is 5.91 Å². The zero-order valence-corrected chi connectivity index (χ0v) is 15.9. The van der Waals surface area contributed by atoms with Gasteiger partial charge in [-0.3, -0.25) is 4.79 Å². The number of ether oxygens (including phenoxy) is 1. The van der Waals surface area contributed by atoms with Crippen molar-refractivity contribution in [2.45, 2.75) is 32.3 Å². The number of aromatic amines is 1. The summed E-state index contributed by atoms with van der Waals surface area (Å²) in [7, 11) is 1.85. The molecule has 1 aromatic carbocycles. The number of carbonyl (C=O) groups is 1. The second kappa shape index (κ2) is 7.21. The monoisotopic (exact) mass is 369 g/mol. The molecule has 0 aliphatic carbocycles. The lowest BCUT2D eigenvalue weighted by molar-refractivity contribution is 0.0801. The SMILES string of the molecule is Cc1cccc2[nH]c(CCN(C)C(=O)c3ccc([C@@H]4CCCO4)s3)nc12. The van der Waals surface area contributed by atoms with Crippen molar-refractivity contribution in [3.8, 4) is 0 Å². The van der Waals surface area contributed by atoms with Crippen molar-refractivity contribution in [3.05, 3.63) is 51.5 Å². The fourth-order valence-corrected chi connectivity index (χ4v) is 4.44. The van der Waals surface area contributed by atoms with Crippen LogP contribution in [0.2, 0.25) is 0 Å². The molecule has 2 aromatic heterocycles. The minimum atomic E-state index is 0.0616. The van der Waals surface area contributed by atoms with E-state index in [1.807, 2.05) is 31.3 Å². The van der Waals surface area contributed by atoms with Gasteiger partial charge in [0.1, 0.15) is 5.82 Å². The molecular formula is C20H23N3O2S. The van der Waals surface area contributed by atoms with Gasteiger partial charge in [0.05, 0.1) is 22.0 Å². The van der Waals surface area contributed by atoms with Gasteiger partial charge >= 0.3 is 0 Å². The van der Waals surface area contributed by atoms with E-state index in [0.29, 0.717) is 13.0 Å². The highest BCUT2D eigenvalue weighted by atomic mass is 32.1. The number of carbonyl (C=O) groups excluding carboxylic acids is 1. The normalized spacial score (nSPS) is 17.1. The van der Waals surface area contributed by atoms with Gasteiger partial charge in [0, 0.05) is 31.5 Å². The molecule has 3 aromatic rings. The Kier molecular flexibility index (Phi) is 4.78. The molecule has 1 fully saturated rings. The fourth-order valence-electron chi connectivity index (χ4n) is 3.35. The van der Waals surface area contributed by atoms with Gasteiger partial charge in [0.2, 0.25) is 0 Å². The molecule has 26 heavy (non-hydrogen) atoms. The lowest BCUT2D eigenvalue weighted by atomic mass is 10.2. The van der Waals surface area contributed by atoms with Crippen LogP contribution < -0.4 is 0 Å². The van der Waals surface area contributed by atoms with Gasteiger partial charge in [0.15, 0.2) is 0 Å². The van der Waals surface area contributed by atoms with Gasteiger partial charge in [-0.25, -0.2) is 4.98 Å². The van der Waals surface area contributed by atoms with Crippen LogP contribution in [-0.2, 0) is 11.2 Å². The molecule has 1 aliphatic heterocycles. The molecule has 0 spiro atoms. The summed E-state index contributed by atoms with van der Waals surface area (Å²) < 4.78 is 5.71. The van der Waals surface area contributed by atoms with Crippen molar-refractivity contribution in [1.29, 1.82) is 0 Å². The van der Waals surface area contributed by atoms with Crippen LogP contribution in [0.1, 0.15) is 44.9 Å². The van der Waals surface area contributed by atoms with Crippen molar-refractivity contribution < 1.29 is 9.53 Å². The molecular weight excluding hydrogens is 346 g/mol. The zero-order valence-electron chi connectivity index (χ0n) is 15.1. The molecule has 136 valence electrons. The Morgan fingerprint density at radius 1 is 1.38 bits per heavy atom. The second-order valence-corrected chi connectivity index (χ2v) is 7.95. The average molecular weight is 369 g/mol. The molecule has 1 aliphatic rings. The van der Waals surface area contributed by atoms with Gasteiger partial charge in [-0.05, 0) is 43.5 Å². The summed E-state index contributed by atoms with van der Waals surface area (Å²) in [6.45, 7) is 3.51. The van der Waals surface area contributed by atoms with Gasteiger partial charge in [-0.15, -0.1) is 11.3 Å². The standard InChI is InChI=1S/C20H23N3O2S/c1-13-5-3-6-14-19(13)22-18(21-14)10-11-23(2)20(24)17-9-8-16(26-17)15-7-4-12-25-15/h3,5-6,8-9,15H,4,7,10-12H2,1-2H3,(H,21,22)/t15-/m0/s1. The van der Waals surface area contributed by atoms with E-state index in [4.69, 9.17) is 4.74 Å². The number of rotatable bonds is 5. The summed E-state index contributed by atoms with van der Waals surface area (Å²) in [6, 6.07) is 10.1. The minimum absolute atomic E-state index is 0.0616. The van der Waals surface area contributed by atoms with E-state index in [-0.39, 0.29) is 12.0 Å². The van der Waals surface area contributed by atoms with Crippen LogP contribution in [0.3, 0.4) is 0 Å². The molecule has 1 amide bonds. The van der Waals surface area contributed by atoms with E-state index in [2.05, 4.69) is 23.0 Å². The molecule has 1 atom stereocenters. The van der Waals surface area contributed by atoms with Crippen molar-refractivity contribution in [2.24, 2.45) is 0 Å². The Morgan fingerprint density at radius 3 is 3.04 bits per heavy atom. The van der Waals surface area contributed by atoms with Crippen LogP contribution in [0.15, 0.2) is 30.3 Å². The van der Waals surface area contributed by atoms with Crippen LogP contribution in [0, 0.1) is 6.92 Å². The third-order valence-corrected chi connectivity index (χ3v) is 6.04. The maximum absolute atomic E-state index is 12.7. The number of hydrogen-bond donors (Lipinski definition) is 1. The van der Waals surface area contributed by atoms with Crippen LogP contribution in [-0.4, -0.2) is 41.0 Å². The van der Waals surface area contributed by atoms with Crippen LogP contribution in [0.25, 0.3) is 11.0 Å². The third kappa shape index (κ3) is 3.39. The highest BCUT2D eigenvalue weighted by molar-refractivity contribution is 7.14. The Bertz CT molecular complexity index is 924. The van der Waals surface area contributed by atoms with Crippen LogP contribution in [0.4, 0.5) is 0 Å². The first-order valence-corrected chi connectivity index (χ1v) is 9.84. The maximum atomic E-state index is 12.7. The largest absolute Gasteiger partial charge is 0.373 e. The number of thiophene rings is 1. The van der Waals surface area contributed by atoms with Crippen molar-refractivity contribution in [3.63, 3.8) is 0 Å². The zero-order chi connectivity index (χ0) is 18.1. The molecule has 0 radical (unpaired) electrons. The second-order valence-electron chi connectivity index (χ2n) is 6.83. The van der Waals surface area contributed by atoms with Gasteiger partial charge in [-0.2, -0.15) is 0 Å². The van der Waals surface area contributed by atoms with Crippen molar-refractivity contribution in [1.82, 2.24) is 14.9 Å². The maximum Gasteiger partial charge on any atom is 0.263 e. The summed E-state index contributed by atoms with van der Waals surface area (Å²) in [6.07, 6.45) is 3.03. The first-order chi connectivity index (χ1) is 12.6. The number of para-hydroxylation sites is 1. The van der Waals surface area contributed by atoms with E-state index in [1.54, 1.807) is 16.2 Å². The number of amides is 1. The van der Waals surface area contributed by atoms with E-state index in [1.165, 1.54) is 0 Å². The number of aromatic nitrogens is 2. The number of nitrogens with one attached hydrogen (secondary N) is 1. The van der Waals surface area contributed by atoms with Crippen molar-refractivity contribution in [2.75, 3.05) is 20.2 Å². The Labute approximate surface area is 157 Å². The van der Waals surface area contributed by atoms with Crippen LogP contribution in [0.5, 0.6) is 0 Å². The quantitative estimate of drug-likeness (QED) is 0.737. The third-order valence-electron chi connectivity index (χ3n) is 4.88. The molecule has 5 nitrogen and oxygen atoms in total. The Balaban J connectivity index is 1.40. The molecule has 1 N–H and O–H groups in total. The highest BCUT2D eigenvalue weighted by Gasteiger charge is 2.22. The Hall–Kier alpha value is -2.18. The van der Waals surface area contributed by atoms with Gasteiger partial charge < -0.3 is 14.6 Å². The molecule has 0 bridgehead atoms. The molecule has 6 heteroatoms. The summed E-state index contributed by atoms with van der Waals surface area (Å²) in [5, 5.41) is 0. The molecule has 4 rings (SSSR count). The van der Waals surface area contributed by atoms with E-state index in [9.17, 15) is 4.79 Å². The van der Waals surface area contributed by atoms with E-state index < -0.39 is 0 Å². The predicted molar refractivity (Wildman–Crippen MR) is 104 cm³/mol. The molecule has 0 unspecified atom stereocenters. The Morgan fingerprint density at radius 2 is 2.27 bits per heavy atom. The average Bonchev–Trinajstić information content (AvgIpc) is 3.38. The summed E-state index contributed by atoms with van der Waals surface area (Å²) >= 11 is 1.55. The van der Waals surface area contributed by atoms with E-state index >= 15 is 0 Å². The first kappa shape index (κ1) is 17.2. The van der Waals surface area contributed by atoms with Crippen LogP contribution >= 0.6 is 11.3 Å².